The third-order valence-electron chi connectivity index (χ3n) is 4.75. The Morgan fingerprint density at radius 1 is 1.15 bits per heavy atom. The van der Waals surface area contributed by atoms with Gasteiger partial charge in [-0.1, -0.05) is 37.6 Å². The summed E-state index contributed by atoms with van der Waals surface area (Å²) >= 11 is 0. The Kier molecular flexibility index (Phi) is 8.45. The number of hydrogen-bond acceptors (Lipinski definition) is 3. The molecule has 0 unspecified atom stereocenters. The largest absolute Gasteiger partial charge is 0.337 e. The summed E-state index contributed by atoms with van der Waals surface area (Å²) in [6, 6.07) is 5.65. The van der Waals surface area contributed by atoms with Crippen molar-refractivity contribution in [1.29, 1.82) is 0 Å². The van der Waals surface area contributed by atoms with Crippen LogP contribution in [0.2, 0.25) is 0 Å². The van der Waals surface area contributed by atoms with Crippen LogP contribution >= 0.6 is 0 Å². The number of imide groups is 1. The third-order valence-corrected chi connectivity index (χ3v) is 4.75. The van der Waals surface area contributed by atoms with Gasteiger partial charge in [-0.15, -0.1) is 0 Å². The summed E-state index contributed by atoms with van der Waals surface area (Å²) in [7, 11) is 0. The Morgan fingerprint density at radius 2 is 1.89 bits per heavy atom. The zero-order chi connectivity index (χ0) is 19.6. The Balaban J connectivity index is 1.72. The zero-order valence-corrected chi connectivity index (χ0v) is 16.2. The number of halogens is 1. The van der Waals surface area contributed by atoms with Crippen molar-refractivity contribution in [3.05, 3.63) is 47.3 Å². The van der Waals surface area contributed by atoms with Gasteiger partial charge in [-0.3, -0.25) is 10.1 Å². The Morgan fingerprint density at radius 3 is 2.52 bits per heavy atom. The monoisotopic (exact) mass is 375 g/mol. The fraction of sp³-hybridized carbons (Fsp3) is 0.524. The molecule has 2 rings (SSSR count). The summed E-state index contributed by atoms with van der Waals surface area (Å²) < 4.78 is 13.1. The molecular formula is C21H30FN3O2. The molecule has 0 bridgehead atoms. The van der Waals surface area contributed by atoms with Gasteiger partial charge in [-0.2, -0.15) is 0 Å². The number of hydrogen-bond donors (Lipinski definition) is 3. The van der Waals surface area contributed by atoms with Gasteiger partial charge >= 0.3 is 6.03 Å². The van der Waals surface area contributed by atoms with Gasteiger partial charge in [-0.25, -0.2) is 9.18 Å². The fourth-order valence-electron chi connectivity index (χ4n) is 3.29. The van der Waals surface area contributed by atoms with E-state index in [0.29, 0.717) is 6.54 Å². The number of amides is 3. The molecule has 1 aromatic carbocycles. The number of urea groups is 1. The van der Waals surface area contributed by atoms with E-state index in [4.69, 9.17) is 0 Å². The highest BCUT2D eigenvalue weighted by Gasteiger charge is 2.17. The molecule has 0 fully saturated rings. The first-order chi connectivity index (χ1) is 13.0. The average Bonchev–Trinajstić information content (AvgIpc) is 2.64. The van der Waals surface area contributed by atoms with Gasteiger partial charge in [-0.05, 0) is 55.7 Å². The van der Waals surface area contributed by atoms with Crippen molar-refractivity contribution in [2.45, 2.75) is 52.0 Å². The van der Waals surface area contributed by atoms with E-state index in [0.717, 1.165) is 24.8 Å². The smallest absolute Gasteiger partial charge is 0.321 e. The maximum absolute atomic E-state index is 13.1. The van der Waals surface area contributed by atoms with Crippen LogP contribution in [0.4, 0.5) is 9.18 Å². The number of carbonyl (C=O) groups is 2. The number of rotatable bonds is 8. The van der Waals surface area contributed by atoms with E-state index in [1.54, 1.807) is 12.1 Å². The molecule has 0 aromatic heterocycles. The van der Waals surface area contributed by atoms with Gasteiger partial charge in [0, 0.05) is 12.6 Å². The minimum absolute atomic E-state index is 0.0127. The number of allylic oxidation sites excluding steroid dienone is 1. The maximum atomic E-state index is 13.1. The van der Waals surface area contributed by atoms with Gasteiger partial charge in [0.25, 0.3) is 0 Å². The summed E-state index contributed by atoms with van der Waals surface area (Å²) in [5.41, 5.74) is 2.29. The van der Waals surface area contributed by atoms with E-state index in [1.165, 1.54) is 30.5 Å². The van der Waals surface area contributed by atoms with E-state index in [-0.39, 0.29) is 24.3 Å². The number of carbonyl (C=O) groups excluding carboxylic acids is 2. The molecule has 1 aliphatic carbocycles. The Bertz CT molecular complexity index is 656. The molecular weight excluding hydrogens is 345 g/mol. The van der Waals surface area contributed by atoms with Gasteiger partial charge in [0.15, 0.2) is 0 Å². The van der Waals surface area contributed by atoms with Crippen molar-refractivity contribution in [2.75, 3.05) is 13.1 Å². The molecule has 6 heteroatoms. The molecule has 0 heterocycles. The summed E-state index contributed by atoms with van der Waals surface area (Å²) in [6.07, 6.45) is 7.77. The summed E-state index contributed by atoms with van der Waals surface area (Å²) in [5.74, 6) is -0.474. The molecule has 1 aliphatic rings. The second-order valence-electron chi connectivity index (χ2n) is 7.32. The predicted octanol–water partition coefficient (Wildman–Crippen LogP) is 3.83. The first kappa shape index (κ1) is 21.1. The standard InChI is InChI=1S/C21H30FN3O2/c1-15(2)20(17-8-10-18(22)11-9-17)24-14-19(26)25-21(27)23-13-12-16-6-4-3-5-7-16/h6,8-11,15,20,24H,3-5,7,12-14H2,1-2H3,(H2,23,25,26,27)/t20-/m0/s1. The van der Waals surface area contributed by atoms with Crippen LogP contribution in [0.1, 0.15) is 57.6 Å². The highest BCUT2D eigenvalue weighted by Crippen LogP contribution is 2.21. The van der Waals surface area contributed by atoms with Gasteiger partial charge < -0.3 is 10.6 Å². The molecule has 0 spiro atoms. The summed E-state index contributed by atoms with van der Waals surface area (Å²) in [5, 5.41) is 8.21. The average molecular weight is 375 g/mol. The highest BCUT2D eigenvalue weighted by atomic mass is 19.1. The van der Waals surface area contributed by atoms with Crippen molar-refractivity contribution in [3.63, 3.8) is 0 Å². The molecule has 1 aromatic rings. The lowest BCUT2D eigenvalue weighted by Crippen LogP contribution is -2.44. The highest BCUT2D eigenvalue weighted by molar-refractivity contribution is 5.95. The molecule has 0 radical (unpaired) electrons. The van der Waals surface area contributed by atoms with Gasteiger partial charge in [0.1, 0.15) is 5.82 Å². The van der Waals surface area contributed by atoms with E-state index in [2.05, 4.69) is 22.0 Å². The molecule has 148 valence electrons. The van der Waals surface area contributed by atoms with Crippen LogP contribution in [0.25, 0.3) is 0 Å². The van der Waals surface area contributed by atoms with Crippen molar-refractivity contribution in [3.8, 4) is 0 Å². The third kappa shape index (κ3) is 7.51. The first-order valence-corrected chi connectivity index (χ1v) is 9.70. The fourth-order valence-corrected chi connectivity index (χ4v) is 3.29. The predicted molar refractivity (Wildman–Crippen MR) is 105 cm³/mol. The lowest BCUT2D eigenvalue weighted by Gasteiger charge is -2.22. The molecule has 3 N–H and O–H groups in total. The lowest BCUT2D eigenvalue weighted by atomic mass is 9.96. The maximum Gasteiger partial charge on any atom is 0.321 e. The van der Waals surface area contributed by atoms with Crippen LogP contribution in [0.5, 0.6) is 0 Å². The van der Waals surface area contributed by atoms with E-state index >= 15 is 0 Å². The van der Waals surface area contributed by atoms with Crippen molar-refractivity contribution < 1.29 is 14.0 Å². The molecule has 0 aliphatic heterocycles. The van der Waals surface area contributed by atoms with Gasteiger partial charge in [0.2, 0.25) is 5.91 Å². The SMILES string of the molecule is CC(C)[C@H](NCC(=O)NC(=O)NCCC1=CCCCC1)c1ccc(F)cc1. The zero-order valence-electron chi connectivity index (χ0n) is 16.2. The number of benzene rings is 1. The van der Waals surface area contributed by atoms with E-state index in [1.807, 2.05) is 13.8 Å². The Labute approximate surface area is 160 Å². The normalized spacial score (nSPS) is 15.2. The molecule has 0 saturated carbocycles. The van der Waals surface area contributed by atoms with E-state index < -0.39 is 11.9 Å². The van der Waals surface area contributed by atoms with E-state index in [9.17, 15) is 14.0 Å². The molecule has 5 nitrogen and oxygen atoms in total. The Hall–Kier alpha value is -2.21. The van der Waals surface area contributed by atoms with Gasteiger partial charge in [0.05, 0.1) is 6.54 Å². The summed E-state index contributed by atoms with van der Waals surface area (Å²) in [6.45, 7) is 4.58. The molecule has 0 saturated heterocycles. The lowest BCUT2D eigenvalue weighted by molar-refractivity contribution is -0.119. The molecule has 27 heavy (non-hydrogen) atoms. The minimum Gasteiger partial charge on any atom is -0.337 e. The van der Waals surface area contributed by atoms with Crippen molar-refractivity contribution in [2.24, 2.45) is 5.92 Å². The van der Waals surface area contributed by atoms with Crippen LogP contribution in [0, 0.1) is 11.7 Å². The minimum atomic E-state index is -0.471. The van der Waals surface area contributed by atoms with Crippen LogP contribution in [-0.4, -0.2) is 25.0 Å². The van der Waals surface area contributed by atoms with Crippen molar-refractivity contribution >= 4 is 11.9 Å². The molecule has 1 atom stereocenters. The van der Waals surface area contributed by atoms with Crippen molar-refractivity contribution in [1.82, 2.24) is 16.0 Å². The molecule has 3 amide bonds. The quantitative estimate of drug-likeness (QED) is 0.605. The number of nitrogens with one attached hydrogen (secondary N) is 3. The topological polar surface area (TPSA) is 70.2 Å². The second kappa shape index (κ2) is 10.8. The second-order valence-corrected chi connectivity index (χ2v) is 7.32. The van der Waals surface area contributed by atoms with Crippen LogP contribution in [0.3, 0.4) is 0 Å². The van der Waals surface area contributed by atoms with Crippen LogP contribution in [-0.2, 0) is 4.79 Å². The first-order valence-electron chi connectivity index (χ1n) is 9.70. The summed E-state index contributed by atoms with van der Waals surface area (Å²) in [4.78, 5) is 23.9. The van der Waals surface area contributed by atoms with Crippen LogP contribution < -0.4 is 16.0 Å². The van der Waals surface area contributed by atoms with Crippen LogP contribution in [0.15, 0.2) is 35.9 Å².